The number of fused-ring (bicyclic) bond motifs is 1. The molecule has 3 rings (SSSR count). The molecule has 2 amide bonds. The quantitative estimate of drug-likeness (QED) is 0.602. The Morgan fingerprint density at radius 3 is 2.92 bits per heavy atom. The van der Waals surface area contributed by atoms with E-state index in [1.165, 1.54) is 29.7 Å². The summed E-state index contributed by atoms with van der Waals surface area (Å²) in [5, 5.41) is 3.05. The third-order valence-corrected chi connectivity index (χ3v) is 6.55. The number of aryl methyl sites for hydroxylation is 2. The first kappa shape index (κ1) is 18.4. The lowest BCUT2D eigenvalue weighted by atomic mass is 9.97. The van der Waals surface area contributed by atoms with Crippen molar-refractivity contribution in [1.82, 2.24) is 10.2 Å². The van der Waals surface area contributed by atoms with Crippen LogP contribution < -0.4 is 11.1 Å². The molecule has 1 aromatic rings. The predicted octanol–water partition coefficient (Wildman–Crippen LogP) is 2.33. The van der Waals surface area contributed by atoms with Gasteiger partial charge in [0.2, 0.25) is 5.91 Å². The number of amides is 2. The van der Waals surface area contributed by atoms with Crippen molar-refractivity contribution in [2.24, 2.45) is 11.7 Å². The minimum Gasteiger partial charge on any atom is -0.369 e. The Labute approximate surface area is 154 Å². The summed E-state index contributed by atoms with van der Waals surface area (Å²) in [6.07, 6.45) is 8.88. The van der Waals surface area contributed by atoms with E-state index in [0.717, 1.165) is 56.6 Å². The van der Waals surface area contributed by atoms with Gasteiger partial charge in [-0.3, -0.25) is 9.59 Å². The molecule has 1 atom stereocenters. The normalized spacial score (nSPS) is 21.4. The van der Waals surface area contributed by atoms with Gasteiger partial charge in [-0.15, -0.1) is 11.3 Å². The number of thiophene rings is 1. The summed E-state index contributed by atoms with van der Waals surface area (Å²) < 4.78 is 0. The molecule has 1 saturated heterocycles. The number of piperidine rings is 1. The molecule has 0 spiro atoms. The third-order valence-electron chi connectivity index (χ3n) is 5.31. The van der Waals surface area contributed by atoms with Crippen molar-refractivity contribution in [3.8, 4) is 0 Å². The van der Waals surface area contributed by atoms with Crippen molar-refractivity contribution in [2.45, 2.75) is 51.4 Å². The Morgan fingerprint density at radius 1 is 1.24 bits per heavy atom. The Kier molecular flexibility index (Phi) is 6.48. The van der Waals surface area contributed by atoms with Crippen molar-refractivity contribution in [1.29, 1.82) is 0 Å². The van der Waals surface area contributed by atoms with Crippen LogP contribution in [0.5, 0.6) is 0 Å². The summed E-state index contributed by atoms with van der Waals surface area (Å²) >= 11 is 1.67. The van der Waals surface area contributed by atoms with Crippen molar-refractivity contribution < 1.29 is 9.59 Å². The van der Waals surface area contributed by atoms with Crippen LogP contribution in [0.3, 0.4) is 0 Å². The van der Waals surface area contributed by atoms with Crippen LogP contribution in [0.25, 0.3) is 0 Å². The second kappa shape index (κ2) is 8.81. The van der Waals surface area contributed by atoms with Gasteiger partial charge in [-0.2, -0.15) is 0 Å². The third kappa shape index (κ3) is 5.05. The second-order valence-electron chi connectivity index (χ2n) is 7.27. The number of hydrogen-bond donors (Lipinski definition) is 2. The number of carbonyl (C=O) groups excluding carboxylic acids is 2. The largest absolute Gasteiger partial charge is 0.369 e. The molecule has 1 aromatic heterocycles. The number of likely N-dealkylation sites (tertiary alicyclic amines) is 1. The lowest BCUT2D eigenvalue weighted by Crippen LogP contribution is -2.42. The molecule has 138 valence electrons. The molecule has 2 aliphatic rings. The van der Waals surface area contributed by atoms with E-state index in [9.17, 15) is 9.59 Å². The van der Waals surface area contributed by atoms with Gasteiger partial charge in [-0.05, 0) is 69.7 Å². The van der Waals surface area contributed by atoms with Gasteiger partial charge >= 0.3 is 0 Å². The summed E-state index contributed by atoms with van der Waals surface area (Å²) in [7, 11) is 0. The molecule has 0 saturated carbocycles. The molecule has 1 unspecified atom stereocenters. The molecular weight excluding hydrogens is 334 g/mol. The van der Waals surface area contributed by atoms with Crippen molar-refractivity contribution in [2.75, 3.05) is 26.2 Å². The van der Waals surface area contributed by atoms with E-state index in [1.807, 2.05) is 0 Å². The van der Waals surface area contributed by atoms with Crippen molar-refractivity contribution in [3.05, 3.63) is 21.4 Å². The van der Waals surface area contributed by atoms with E-state index in [4.69, 9.17) is 5.73 Å². The van der Waals surface area contributed by atoms with Crippen molar-refractivity contribution >= 4 is 23.2 Å². The maximum Gasteiger partial charge on any atom is 0.261 e. The molecule has 2 heterocycles. The molecule has 1 fully saturated rings. The molecule has 1 aliphatic carbocycles. The predicted molar refractivity (Wildman–Crippen MR) is 101 cm³/mol. The average Bonchev–Trinajstić information content (AvgIpc) is 2.89. The lowest BCUT2D eigenvalue weighted by Gasteiger charge is -2.31. The highest BCUT2D eigenvalue weighted by Gasteiger charge is 2.23. The van der Waals surface area contributed by atoms with Gasteiger partial charge in [0.05, 0.1) is 10.8 Å². The molecule has 6 heteroatoms. The highest BCUT2D eigenvalue weighted by Crippen LogP contribution is 2.28. The van der Waals surface area contributed by atoms with E-state index in [2.05, 4.69) is 16.3 Å². The summed E-state index contributed by atoms with van der Waals surface area (Å²) in [6, 6.07) is 2.10. The van der Waals surface area contributed by atoms with Crippen LogP contribution >= 0.6 is 11.3 Å². The molecule has 3 N–H and O–H groups in total. The monoisotopic (exact) mass is 363 g/mol. The van der Waals surface area contributed by atoms with Crippen LogP contribution in [-0.4, -0.2) is 42.9 Å². The second-order valence-corrected chi connectivity index (χ2v) is 8.41. The number of nitrogens with two attached hydrogens (primary N) is 1. The van der Waals surface area contributed by atoms with E-state index >= 15 is 0 Å². The Bertz CT molecular complexity index is 590. The molecule has 0 aromatic carbocycles. The fourth-order valence-electron chi connectivity index (χ4n) is 3.86. The van der Waals surface area contributed by atoms with Gasteiger partial charge in [0.15, 0.2) is 0 Å². The lowest BCUT2D eigenvalue weighted by molar-refractivity contribution is -0.123. The number of primary amides is 1. The van der Waals surface area contributed by atoms with Gasteiger partial charge in [0.25, 0.3) is 5.91 Å². The molecule has 25 heavy (non-hydrogen) atoms. The molecular formula is C19H29N3O2S. The van der Waals surface area contributed by atoms with Gasteiger partial charge in [-0.25, -0.2) is 0 Å². The molecule has 0 radical (unpaired) electrons. The fourth-order valence-corrected chi connectivity index (χ4v) is 5.03. The Hall–Kier alpha value is -1.40. The SMILES string of the molecule is NC(=O)C1CCCN(CCCNC(=O)c2cc3c(s2)CCCCC3)C1. The topological polar surface area (TPSA) is 75.4 Å². The van der Waals surface area contributed by atoms with E-state index in [0.29, 0.717) is 6.54 Å². The number of hydrogen-bond acceptors (Lipinski definition) is 4. The van der Waals surface area contributed by atoms with Crippen LogP contribution in [-0.2, 0) is 17.6 Å². The molecule has 1 aliphatic heterocycles. The minimum atomic E-state index is -0.185. The van der Waals surface area contributed by atoms with Crippen molar-refractivity contribution in [3.63, 3.8) is 0 Å². The van der Waals surface area contributed by atoms with Crippen LogP contribution in [0.1, 0.15) is 58.6 Å². The van der Waals surface area contributed by atoms with Gasteiger partial charge in [-0.1, -0.05) is 6.42 Å². The number of carbonyl (C=O) groups is 2. The first-order chi connectivity index (χ1) is 12.1. The maximum atomic E-state index is 12.4. The highest BCUT2D eigenvalue weighted by atomic mass is 32.1. The summed E-state index contributed by atoms with van der Waals surface area (Å²) in [5.74, 6) is -0.132. The number of nitrogens with zero attached hydrogens (tertiary/aromatic N) is 1. The standard InChI is InChI=1S/C19H29N3O2S/c20-18(23)15-7-4-10-22(13-15)11-5-9-21-19(24)17-12-14-6-2-1-3-8-16(14)25-17/h12,15H,1-11,13H2,(H2,20,23)(H,21,24). The van der Waals surface area contributed by atoms with Gasteiger partial charge < -0.3 is 16.0 Å². The number of rotatable bonds is 6. The summed E-state index contributed by atoms with van der Waals surface area (Å²) in [6.45, 7) is 3.38. The van der Waals surface area contributed by atoms with E-state index < -0.39 is 0 Å². The summed E-state index contributed by atoms with van der Waals surface area (Å²) in [5.41, 5.74) is 6.81. The fraction of sp³-hybridized carbons (Fsp3) is 0.684. The minimum absolute atomic E-state index is 0.00939. The smallest absolute Gasteiger partial charge is 0.261 e. The summed E-state index contributed by atoms with van der Waals surface area (Å²) in [4.78, 5) is 28.2. The number of nitrogens with one attached hydrogen (secondary N) is 1. The zero-order valence-electron chi connectivity index (χ0n) is 14.9. The Balaban J connectivity index is 1.40. The maximum absolute atomic E-state index is 12.4. The Morgan fingerprint density at radius 2 is 2.08 bits per heavy atom. The average molecular weight is 364 g/mol. The first-order valence-corrected chi connectivity index (χ1v) is 10.4. The van der Waals surface area contributed by atoms with Crippen LogP contribution in [0, 0.1) is 5.92 Å². The van der Waals surface area contributed by atoms with E-state index in [-0.39, 0.29) is 17.7 Å². The van der Waals surface area contributed by atoms with Gasteiger partial charge in [0, 0.05) is 18.0 Å². The zero-order valence-corrected chi connectivity index (χ0v) is 15.7. The van der Waals surface area contributed by atoms with E-state index in [1.54, 1.807) is 11.3 Å². The first-order valence-electron chi connectivity index (χ1n) is 9.55. The zero-order chi connectivity index (χ0) is 17.6. The van der Waals surface area contributed by atoms with Crippen LogP contribution in [0.15, 0.2) is 6.07 Å². The van der Waals surface area contributed by atoms with Crippen LogP contribution in [0.2, 0.25) is 0 Å². The van der Waals surface area contributed by atoms with Gasteiger partial charge in [0.1, 0.15) is 0 Å². The highest BCUT2D eigenvalue weighted by molar-refractivity contribution is 7.14. The molecule has 0 bridgehead atoms. The molecule has 5 nitrogen and oxygen atoms in total. The van der Waals surface area contributed by atoms with Crippen LogP contribution in [0.4, 0.5) is 0 Å².